The first-order valence-corrected chi connectivity index (χ1v) is 6.45. The Balaban J connectivity index is 2.18. The van der Waals surface area contributed by atoms with Gasteiger partial charge in [-0.2, -0.15) is 0 Å². The smallest absolute Gasteiger partial charge is 0.142 e. The molecular weight excluding hydrogens is 278 g/mol. The van der Waals surface area contributed by atoms with E-state index in [-0.39, 0.29) is 5.75 Å². The number of phenols is 1. The third-order valence-electron chi connectivity index (χ3n) is 2.92. The Morgan fingerprint density at radius 2 is 1.90 bits per heavy atom. The number of hydrogen-bond acceptors (Lipinski definition) is 4. The normalized spacial score (nSPS) is 10.2. The molecule has 2 aromatic rings. The van der Waals surface area contributed by atoms with Gasteiger partial charge in [0, 0.05) is 17.1 Å². The summed E-state index contributed by atoms with van der Waals surface area (Å²) in [7, 11) is 3.18. The number of nitrogens with one attached hydrogen (secondary N) is 1. The molecule has 0 radical (unpaired) electrons. The van der Waals surface area contributed by atoms with Crippen LogP contribution in [0.1, 0.15) is 5.56 Å². The van der Waals surface area contributed by atoms with Crippen molar-refractivity contribution in [3.05, 3.63) is 47.0 Å². The van der Waals surface area contributed by atoms with E-state index in [1.54, 1.807) is 50.6 Å². The second-order valence-electron chi connectivity index (χ2n) is 4.19. The Morgan fingerprint density at radius 3 is 2.60 bits per heavy atom. The number of hydrogen-bond donors (Lipinski definition) is 2. The van der Waals surface area contributed by atoms with Crippen molar-refractivity contribution in [3.63, 3.8) is 0 Å². The number of ether oxygens (including phenoxy) is 2. The van der Waals surface area contributed by atoms with Crippen molar-refractivity contribution in [2.24, 2.45) is 0 Å². The average molecular weight is 294 g/mol. The van der Waals surface area contributed by atoms with Gasteiger partial charge in [0.2, 0.25) is 0 Å². The van der Waals surface area contributed by atoms with Gasteiger partial charge in [0.15, 0.2) is 0 Å². The maximum Gasteiger partial charge on any atom is 0.142 e. The van der Waals surface area contributed by atoms with E-state index < -0.39 is 0 Å². The average Bonchev–Trinajstić information content (AvgIpc) is 2.46. The molecule has 2 aromatic carbocycles. The highest BCUT2D eigenvalue weighted by Crippen LogP contribution is 2.29. The summed E-state index contributed by atoms with van der Waals surface area (Å²) in [4.78, 5) is 0. The SMILES string of the molecule is COc1ccc(O)c(CNc2cc(Cl)ccc2OC)c1. The summed E-state index contributed by atoms with van der Waals surface area (Å²) in [5.74, 6) is 1.59. The van der Waals surface area contributed by atoms with Crippen LogP contribution in [0.2, 0.25) is 5.02 Å². The van der Waals surface area contributed by atoms with E-state index in [4.69, 9.17) is 21.1 Å². The number of anilines is 1. The van der Waals surface area contributed by atoms with Crippen LogP contribution in [0.15, 0.2) is 36.4 Å². The van der Waals surface area contributed by atoms with Crippen LogP contribution in [0.4, 0.5) is 5.69 Å². The Hall–Kier alpha value is -2.07. The lowest BCUT2D eigenvalue weighted by Crippen LogP contribution is -2.02. The van der Waals surface area contributed by atoms with E-state index in [9.17, 15) is 5.11 Å². The van der Waals surface area contributed by atoms with Crippen molar-refractivity contribution >= 4 is 17.3 Å². The Labute approximate surface area is 122 Å². The second-order valence-corrected chi connectivity index (χ2v) is 4.63. The maximum atomic E-state index is 9.84. The number of methoxy groups -OCH3 is 2. The first-order valence-electron chi connectivity index (χ1n) is 6.07. The fraction of sp³-hybridized carbons (Fsp3) is 0.200. The van der Waals surface area contributed by atoms with Gasteiger partial charge in [-0.15, -0.1) is 0 Å². The third kappa shape index (κ3) is 3.27. The van der Waals surface area contributed by atoms with Crippen LogP contribution in [0.25, 0.3) is 0 Å². The Bertz CT molecular complexity index is 602. The van der Waals surface area contributed by atoms with Gasteiger partial charge in [-0.05, 0) is 36.4 Å². The molecule has 0 aliphatic carbocycles. The summed E-state index contributed by atoms with van der Waals surface area (Å²) >= 11 is 5.97. The first-order chi connectivity index (χ1) is 9.63. The fourth-order valence-corrected chi connectivity index (χ4v) is 2.01. The van der Waals surface area contributed by atoms with E-state index in [0.717, 1.165) is 11.3 Å². The highest BCUT2D eigenvalue weighted by atomic mass is 35.5. The summed E-state index contributed by atoms with van der Waals surface area (Å²) in [6.07, 6.45) is 0. The zero-order valence-corrected chi connectivity index (χ0v) is 12.1. The predicted octanol–water partition coefficient (Wildman–Crippen LogP) is 3.67. The molecule has 0 fully saturated rings. The summed E-state index contributed by atoms with van der Waals surface area (Å²) in [5, 5.41) is 13.6. The lowest BCUT2D eigenvalue weighted by atomic mass is 10.2. The molecule has 5 heteroatoms. The van der Waals surface area contributed by atoms with Crippen LogP contribution >= 0.6 is 11.6 Å². The molecule has 0 aliphatic heterocycles. The molecule has 0 atom stereocenters. The van der Waals surface area contributed by atoms with Gasteiger partial charge in [-0.1, -0.05) is 11.6 Å². The van der Waals surface area contributed by atoms with Crippen LogP contribution < -0.4 is 14.8 Å². The molecule has 4 nitrogen and oxygen atoms in total. The lowest BCUT2D eigenvalue weighted by molar-refractivity contribution is 0.410. The monoisotopic (exact) mass is 293 g/mol. The molecule has 0 aliphatic rings. The first kappa shape index (κ1) is 14.3. The molecule has 0 saturated heterocycles. The van der Waals surface area contributed by atoms with Gasteiger partial charge in [0.25, 0.3) is 0 Å². The highest BCUT2D eigenvalue weighted by molar-refractivity contribution is 6.30. The molecule has 106 valence electrons. The summed E-state index contributed by atoms with van der Waals surface area (Å²) < 4.78 is 10.4. The van der Waals surface area contributed by atoms with Crippen LogP contribution in [-0.4, -0.2) is 19.3 Å². The Morgan fingerprint density at radius 1 is 1.10 bits per heavy atom. The molecule has 0 amide bonds. The minimum absolute atomic E-state index is 0.208. The summed E-state index contributed by atoms with van der Waals surface area (Å²) in [5.41, 5.74) is 1.49. The lowest BCUT2D eigenvalue weighted by Gasteiger charge is -2.13. The zero-order chi connectivity index (χ0) is 14.5. The van der Waals surface area contributed by atoms with Crippen LogP contribution in [-0.2, 0) is 6.54 Å². The zero-order valence-electron chi connectivity index (χ0n) is 11.3. The molecule has 2 N–H and O–H groups in total. The third-order valence-corrected chi connectivity index (χ3v) is 3.15. The van der Waals surface area contributed by atoms with Crippen molar-refractivity contribution < 1.29 is 14.6 Å². The van der Waals surface area contributed by atoms with E-state index in [2.05, 4.69) is 5.32 Å². The van der Waals surface area contributed by atoms with Crippen LogP contribution in [0, 0.1) is 0 Å². The molecule has 0 heterocycles. The molecule has 0 spiro atoms. The van der Waals surface area contributed by atoms with Gasteiger partial charge in [-0.25, -0.2) is 0 Å². The van der Waals surface area contributed by atoms with Crippen molar-refractivity contribution in [1.82, 2.24) is 0 Å². The molecule has 2 rings (SSSR count). The topological polar surface area (TPSA) is 50.7 Å². The number of aromatic hydroxyl groups is 1. The molecule has 0 saturated carbocycles. The second kappa shape index (κ2) is 6.39. The van der Waals surface area contributed by atoms with Crippen LogP contribution in [0.5, 0.6) is 17.2 Å². The van der Waals surface area contributed by atoms with E-state index in [1.807, 2.05) is 0 Å². The largest absolute Gasteiger partial charge is 0.508 e. The van der Waals surface area contributed by atoms with Crippen LogP contribution in [0.3, 0.4) is 0 Å². The van der Waals surface area contributed by atoms with Crippen molar-refractivity contribution in [2.75, 3.05) is 19.5 Å². The fourth-order valence-electron chi connectivity index (χ4n) is 1.84. The van der Waals surface area contributed by atoms with E-state index in [0.29, 0.717) is 23.1 Å². The van der Waals surface area contributed by atoms with Gasteiger partial charge in [-0.3, -0.25) is 0 Å². The van der Waals surface area contributed by atoms with Gasteiger partial charge >= 0.3 is 0 Å². The van der Waals surface area contributed by atoms with E-state index >= 15 is 0 Å². The number of rotatable bonds is 5. The van der Waals surface area contributed by atoms with Gasteiger partial charge < -0.3 is 19.9 Å². The van der Waals surface area contributed by atoms with Gasteiger partial charge in [0.1, 0.15) is 17.2 Å². The summed E-state index contributed by atoms with van der Waals surface area (Å²) in [6, 6.07) is 10.4. The quantitative estimate of drug-likeness (QED) is 0.883. The Kier molecular flexibility index (Phi) is 4.58. The minimum atomic E-state index is 0.208. The van der Waals surface area contributed by atoms with Crippen molar-refractivity contribution in [3.8, 4) is 17.2 Å². The van der Waals surface area contributed by atoms with E-state index in [1.165, 1.54) is 0 Å². The summed E-state index contributed by atoms with van der Waals surface area (Å²) in [6.45, 7) is 0.430. The predicted molar refractivity (Wildman–Crippen MR) is 80.0 cm³/mol. The molecular formula is C15H16ClNO3. The standard InChI is InChI=1S/C15H16ClNO3/c1-19-12-4-5-14(18)10(7-12)9-17-13-8-11(16)3-6-15(13)20-2/h3-8,17-18H,9H2,1-2H3. The molecule has 0 bridgehead atoms. The highest BCUT2D eigenvalue weighted by Gasteiger charge is 2.07. The number of phenolic OH excluding ortho intramolecular Hbond substituents is 1. The molecule has 0 unspecified atom stereocenters. The van der Waals surface area contributed by atoms with Crippen molar-refractivity contribution in [1.29, 1.82) is 0 Å². The molecule has 20 heavy (non-hydrogen) atoms. The number of benzene rings is 2. The molecule has 0 aromatic heterocycles. The van der Waals surface area contributed by atoms with Crippen molar-refractivity contribution in [2.45, 2.75) is 6.54 Å². The maximum absolute atomic E-state index is 9.84. The van der Waals surface area contributed by atoms with Gasteiger partial charge in [0.05, 0.1) is 19.9 Å². The number of halogens is 1. The minimum Gasteiger partial charge on any atom is -0.508 e.